The molecule has 27 heavy (non-hydrogen) atoms. The van der Waals surface area contributed by atoms with Crippen molar-refractivity contribution in [3.63, 3.8) is 0 Å². The first-order chi connectivity index (χ1) is 13.2. The van der Waals surface area contributed by atoms with E-state index in [4.69, 9.17) is 4.74 Å². The number of aromatic nitrogens is 2. The predicted octanol–water partition coefficient (Wildman–Crippen LogP) is 3.82. The normalized spacial score (nSPS) is 17.4. The molecule has 1 aromatic heterocycles. The number of rotatable bonds is 5. The zero-order valence-corrected chi connectivity index (χ0v) is 15.4. The van der Waals surface area contributed by atoms with E-state index in [0.717, 1.165) is 42.1 Å². The Labute approximate surface area is 158 Å². The van der Waals surface area contributed by atoms with Crippen LogP contribution >= 0.6 is 0 Å². The molecule has 1 fully saturated rings. The van der Waals surface area contributed by atoms with Gasteiger partial charge < -0.3 is 4.74 Å². The third-order valence-electron chi connectivity index (χ3n) is 4.89. The van der Waals surface area contributed by atoms with Crippen LogP contribution in [-0.2, 0) is 4.74 Å². The van der Waals surface area contributed by atoms with Gasteiger partial charge in [0.2, 0.25) is 0 Å². The first-order valence-corrected chi connectivity index (χ1v) is 9.33. The van der Waals surface area contributed by atoms with E-state index in [1.807, 2.05) is 67.6 Å². The number of H-pyrrole nitrogens is 1. The van der Waals surface area contributed by atoms with Crippen molar-refractivity contribution in [3.8, 4) is 16.9 Å². The Morgan fingerprint density at radius 3 is 2.52 bits per heavy atom. The maximum absolute atomic E-state index is 13.2. The van der Waals surface area contributed by atoms with Crippen LogP contribution in [0.15, 0.2) is 70.5 Å². The van der Waals surface area contributed by atoms with E-state index in [-0.39, 0.29) is 11.7 Å². The van der Waals surface area contributed by atoms with Gasteiger partial charge in [0.25, 0.3) is 5.56 Å². The largest absolute Gasteiger partial charge is 0.376 e. The van der Waals surface area contributed by atoms with Crippen LogP contribution < -0.4 is 5.56 Å². The van der Waals surface area contributed by atoms with Gasteiger partial charge in [-0.1, -0.05) is 48.5 Å². The highest BCUT2D eigenvalue weighted by atomic mass is 16.5. The van der Waals surface area contributed by atoms with E-state index < -0.39 is 0 Å². The summed E-state index contributed by atoms with van der Waals surface area (Å²) in [6.45, 7) is 3.30. The SMILES string of the molecule is CC(=NC[C@H]1CCCO1)c1c(-c2ccccc2)[nH]n(-c2ccccc2)c1=O. The Kier molecular flexibility index (Phi) is 5.03. The second-order valence-electron chi connectivity index (χ2n) is 6.77. The van der Waals surface area contributed by atoms with E-state index in [1.54, 1.807) is 4.68 Å². The quantitative estimate of drug-likeness (QED) is 0.702. The monoisotopic (exact) mass is 361 g/mol. The van der Waals surface area contributed by atoms with Crippen molar-refractivity contribution in [2.45, 2.75) is 25.9 Å². The number of hydrogen-bond acceptors (Lipinski definition) is 3. The van der Waals surface area contributed by atoms with Gasteiger partial charge in [0.05, 0.1) is 29.6 Å². The molecule has 0 amide bonds. The summed E-state index contributed by atoms with van der Waals surface area (Å²) in [6, 6.07) is 19.5. The van der Waals surface area contributed by atoms with Crippen LogP contribution in [0.25, 0.3) is 16.9 Å². The Morgan fingerprint density at radius 1 is 1.15 bits per heavy atom. The maximum Gasteiger partial charge on any atom is 0.280 e. The molecule has 0 spiro atoms. The van der Waals surface area contributed by atoms with Crippen molar-refractivity contribution in [2.24, 2.45) is 4.99 Å². The average molecular weight is 361 g/mol. The summed E-state index contributed by atoms with van der Waals surface area (Å²) in [5.74, 6) is 0. The number of ether oxygens (including phenoxy) is 1. The minimum absolute atomic E-state index is 0.0892. The topological polar surface area (TPSA) is 59.4 Å². The molecule has 0 bridgehead atoms. The highest BCUT2D eigenvalue weighted by Crippen LogP contribution is 2.22. The Morgan fingerprint density at radius 2 is 1.85 bits per heavy atom. The van der Waals surface area contributed by atoms with Gasteiger partial charge in [0, 0.05) is 17.9 Å². The smallest absolute Gasteiger partial charge is 0.280 e. The lowest BCUT2D eigenvalue weighted by molar-refractivity contribution is 0.118. The molecule has 0 saturated carbocycles. The molecule has 2 aromatic carbocycles. The van der Waals surface area contributed by atoms with Crippen LogP contribution in [0.4, 0.5) is 0 Å². The van der Waals surface area contributed by atoms with Crippen LogP contribution in [-0.4, -0.2) is 34.7 Å². The number of para-hydroxylation sites is 1. The van der Waals surface area contributed by atoms with E-state index in [0.29, 0.717) is 12.1 Å². The minimum atomic E-state index is -0.0892. The third-order valence-corrected chi connectivity index (χ3v) is 4.89. The molecule has 2 heterocycles. The number of benzene rings is 2. The third kappa shape index (κ3) is 3.64. The van der Waals surface area contributed by atoms with Gasteiger partial charge in [-0.15, -0.1) is 0 Å². The molecular formula is C22H23N3O2. The molecule has 1 atom stereocenters. The van der Waals surface area contributed by atoms with Crippen LogP contribution in [0, 0.1) is 0 Å². The fourth-order valence-electron chi connectivity index (χ4n) is 3.45. The van der Waals surface area contributed by atoms with Gasteiger partial charge in [0.1, 0.15) is 0 Å². The highest BCUT2D eigenvalue weighted by Gasteiger charge is 2.20. The standard InChI is InChI=1S/C22H23N3O2/c1-16(23-15-19-13-8-14-27-19)20-21(17-9-4-2-5-10-17)24-25(22(20)26)18-11-6-3-7-12-18/h2-7,9-12,19,24H,8,13-15H2,1H3/t19-/m1/s1. The van der Waals surface area contributed by atoms with Gasteiger partial charge in [-0.25, -0.2) is 4.68 Å². The lowest BCUT2D eigenvalue weighted by atomic mass is 10.1. The van der Waals surface area contributed by atoms with Crippen LogP contribution in [0.3, 0.4) is 0 Å². The number of aliphatic imine (C=N–C) groups is 1. The number of nitrogens with zero attached hydrogens (tertiary/aromatic N) is 2. The Bertz CT molecular complexity index is 981. The average Bonchev–Trinajstić information content (AvgIpc) is 3.35. The van der Waals surface area contributed by atoms with Crippen LogP contribution in [0.1, 0.15) is 25.3 Å². The molecule has 1 saturated heterocycles. The van der Waals surface area contributed by atoms with Gasteiger partial charge in [-0.3, -0.25) is 14.9 Å². The summed E-state index contributed by atoms with van der Waals surface area (Å²) >= 11 is 0. The van der Waals surface area contributed by atoms with E-state index in [2.05, 4.69) is 10.1 Å². The Hall–Kier alpha value is -2.92. The van der Waals surface area contributed by atoms with Crippen molar-refractivity contribution in [1.82, 2.24) is 9.78 Å². The van der Waals surface area contributed by atoms with Gasteiger partial charge in [-0.2, -0.15) is 0 Å². The van der Waals surface area contributed by atoms with E-state index in [1.165, 1.54) is 0 Å². The van der Waals surface area contributed by atoms with Crippen molar-refractivity contribution in [2.75, 3.05) is 13.2 Å². The summed E-state index contributed by atoms with van der Waals surface area (Å²) in [6.07, 6.45) is 2.28. The molecule has 1 aliphatic heterocycles. The van der Waals surface area contributed by atoms with E-state index >= 15 is 0 Å². The molecule has 3 aromatic rings. The number of aromatic amines is 1. The zero-order valence-electron chi connectivity index (χ0n) is 15.4. The zero-order chi connectivity index (χ0) is 18.6. The molecule has 1 aliphatic rings. The van der Waals surface area contributed by atoms with Crippen LogP contribution in [0.5, 0.6) is 0 Å². The second kappa shape index (κ2) is 7.76. The molecule has 1 N–H and O–H groups in total. The number of hydrogen-bond donors (Lipinski definition) is 1. The predicted molar refractivity (Wildman–Crippen MR) is 108 cm³/mol. The second-order valence-corrected chi connectivity index (χ2v) is 6.77. The van der Waals surface area contributed by atoms with Gasteiger partial charge in [-0.05, 0) is 31.9 Å². The Balaban J connectivity index is 1.79. The molecule has 0 unspecified atom stereocenters. The molecule has 138 valence electrons. The summed E-state index contributed by atoms with van der Waals surface area (Å²) < 4.78 is 7.25. The molecule has 5 nitrogen and oxygen atoms in total. The van der Waals surface area contributed by atoms with Crippen LogP contribution in [0.2, 0.25) is 0 Å². The van der Waals surface area contributed by atoms with Crippen molar-refractivity contribution in [1.29, 1.82) is 0 Å². The van der Waals surface area contributed by atoms with Crippen molar-refractivity contribution in [3.05, 3.63) is 76.6 Å². The van der Waals surface area contributed by atoms with Crippen molar-refractivity contribution >= 4 is 5.71 Å². The summed E-state index contributed by atoms with van der Waals surface area (Å²) in [5, 5.41) is 3.28. The molecule has 5 heteroatoms. The highest BCUT2D eigenvalue weighted by molar-refractivity contribution is 6.03. The number of nitrogens with one attached hydrogen (secondary N) is 1. The first-order valence-electron chi connectivity index (χ1n) is 9.33. The lowest BCUT2D eigenvalue weighted by Gasteiger charge is -2.07. The summed E-state index contributed by atoms with van der Waals surface area (Å²) in [4.78, 5) is 17.9. The maximum atomic E-state index is 13.2. The molecule has 0 aliphatic carbocycles. The fraction of sp³-hybridized carbons (Fsp3) is 0.273. The lowest BCUT2D eigenvalue weighted by Crippen LogP contribution is -2.20. The molecule has 0 radical (unpaired) electrons. The van der Waals surface area contributed by atoms with E-state index in [9.17, 15) is 4.79 Å². The van der Waals surface area contributed by atoms with Gasteiger partial charge in [0.15, 0.2) is 0 Å². The summed E-state index contributed by atoms with van der Waals surface area (Å²) in [7, 11) is 0. The van der Waals surface area contributed by atoms with Gasteiger partial charge >= 0.3 is 0 Å². The minimum Gasteiger partial charge on any atom is -0.376 e. The van der Waals surface area contributed by atoms with Crippen molar-refractivity contribution < 1.29 is 4.74 Å². The first kappa shape index (κ1) is 17.5. The molecule has 4 rings (SSSR count). The molecular weight excluding hydrogens is 338 g/mol. The summed E-state index contributed by atoms with van der Waals surface area (Å²) in [5.41, 5.74) is 3.82. The fourth-order valence-corrected chi connectivity index (χ4v) is 3.45.